The van der Waals surface area contributed by atoms with Crippen molar-refractivity contribution in [2.24, 2.45) is 0 Å². The number of sulfone groups is 1. The molecule has 0 saturated carbocycles. The Morgan fingerprint density at radius 3 is 2.88 bits per heavy atom. The van der Waals surface area contributed by atoms with Crippen molar-refractivity contribution in [2.45, 2.75) is 31.6 Å². The van der Waals surface area contributed by atoms with Gasteiger partial charge in [0.25, 0.3) is 0 Å². The van der Waals surface area contributed by atoms with Gasteiger partial charge in [0, 0.05) is 49.0 Å². The van der Waals surface area contributed by atoms with Gasteiger partial charge in [-0.2, -0.15) is 0 Å². The number of aromatic nitrogens is 3. The maximum Gasteiger partial charge on any atom is 0.179 e. The number of piperazine rings is 1. The third kappa shape index (κ3) is 5.21. The van der Waals surface area contributed by atoms with Crippen LogP contribution in [0.4, 0.5) is 5.82 Å². The maximum atomic E-state index is 11.7. The van der Waals surface area contributed by atoms with Crippen LogP contribution in [0.25, 0.3) is 10.9 Å². The van der Waals surface area contributed by atoms with E-state index in [4.69, 9.17) is 4.74 Å². The van der Waals surface area contributed by atoms with Gasteiger partial charge in [-0.3, -0.25) is 4.90 Å². The first-order chi connectivity index (χ1) is 15.3. The van der Waals surface area contributed by atoms with Crippen LogP contribution in [0.2, 0.25) is 0 Å². The lowest BCUT2D eigenvalue weighted by Crippen LogP contribution is -2.52. The fourth-order valence-electron chi connectivity index (χ4n) is 4.54. The molecule has 1 fully saturated rings. The van der Waals surface area contributed by atoms with Crippen LogP contribution in [0.15, 0.2) is 36.9 Å². The molecule has 0 bridgehead atoms. The summed E-state index contributed by atoms with van der Waals surface area (Å²) in [5.41, 5.74) is 3.14. The molecule has 3 aromatic rings. The lowest BCUT2D eigenvalue weighted by atomic mass is 10.1. The molecule has 1 unspecified atom stereocenters. The van der Waals surface area contributed by atoms with Crippen molar-refractivity contribution in [1.82, 2.24) is 19.9 Å². The van der Waals surface area contributed by atoms with Gasteiger partial charge in [0.15, 0.2) is 21.4 Å². The number of methoxy groups -OCH3 is 1. The number of ether oxygens (including phenoxy) is 1. The number of hydrogen-bond donors (Lipinski definition) is 1. The lowest BCUT2D eigenvalue weighted by Gasteiger charge is -2.40. The maximum absolute atomic E-state index is 11.7. The number of hydrogen-bond acceptors (Lipinski definition) is 7. The van der Waals surface area contributed by atoms with E-state index in [2.05, 4.69) is 37.9 Å². The molecular weight excluding hydrogens is 426 g/mol. The first kappa shape index (κ1) is 22.5. The van der Waals surface area contributed by atoms with E-state index in [0.717, 1.165) is 61.3 Å². The van der Waals surface area contributed by atoms with E-state index in [1.807, 2.05) is 18.2 Å². The van der Waals surface area contributed by atoms with E-state index in [1.54, 1.807) is 19.6 Å². The molecule has 2 aromatic heterocycles. The second kappa shape index (κ2) is 9.46. The molecule has 1 aliphatic heterocycles. The number of anilines is 1. The van der Waals surface area contributed by atoms with Gasteiger partial charge in [0.1, 0.15) is 6.33 Å². The highest BCUT2D eigenvalue weighted by atomic mass is 32.2. The van der Waals surface area contributed by atoms with Crippen molar-refractivity contribution >= 4 is 26.6 Å². The van der Waals surface area contributed by atoms with E-state index in [1.165, 1.54) is 11.8 Å². The number of aromatic amines is 1. The lowest BCUT2D eigenvalue weighted by molar-refractivity contribution is 0.225. The zero-order valence-corrected chi connectivity index (χ0v) is 19.7. The number of rotatable bonds is 8. The number of H-pyrrole nitrogens is 1. The van der Waals surface area contributed by atoms with Gasteiger partial charge in [0.2, 0.25) is 0 Å². The van der Waals surface area contributed by atoms with E-state index in [0.29, 0.717) is 11.8 Å². The first-order valence-corrected chi connectivity index (χ1v) is 13.0. The third-order valence-electron chi connectivity index (χ3n) is 6.04. The quantitative estimate of drug-likeness (QED) is 0.556. The van der Waals surface area contributed by atoms with Gasteiger partial charge in [-0.1, -0.05) is 6.07 Å². The zero-order valence-electron chi connectivity index (χ0n) is 18.9. The topological polar surface area (TPSA) is 91.4 Å². The summed E-state index contributed by atoms with van der Waals surface area (Å²) in [7, 11) is -1.39. The highest BCUT2D eigenvalue weighted by Crippen LogP contribution is 2.27. The molecule has 172 valence electrons. The van der Waals surface area contributed by atoms with Gasteiger partial charge < -0.3 is 14.6 Å². The van der Waals surface area contributed by atoms with Crippen molar-refractivity contribution in [3.63, 3.8) is 0 Å². The summed E-state index contributed by atoms with van der Waals surface area (Å²) in [5.74, 6) is 1.65. The molecule has 0 spiro atoms. The van der Waals surface area contributed by atoms with Gasteiger partial charge >= 0.3 is 0 Å². The minimum atomic E-state index is -3.04. The second-order valence-corrected chi connectivity index (χ2v) is 10.8. The highest BCUT2D eigenvalue weighted by Gasteiger charge is 2.26. The summed E-state index contributed by atoms with van der Waals surface area (Å²) < 4.78 is 28.7. The number of nitrogens with one attached hydrogen (secondary N) is 1. The average Bonchev–Trinajstić information content (AvgIpc) is 3.15. The van der Waals surface area contributed by atoms with Crippen LogP contribution in [-0.2, 0) is 22.0 Å². The number of fused-ring (bicyclic) bond motifs is 1. The molecule has 1 N–H and O–H groups in total. The summed E-state index contributed by atoms with van der Waals surface area (Å²) in [6.45, 7) is 6.09. The zero-order chi connectivity index (χ0) is 22.7. The Hall–Kier alpha value is -2.65. The summed E-state index contributed by atoms with van der Waals surface area (Å²) in [5, 5.41) is 1.13. The van der Waals surface area contributed by atoms with E-state index < -0.39 is 9.84 Å². The summed E-state index contributed by atoms with van der Waals surface area (Å²) >= 11 is 0. The molecule has 0 radical (unpaired) electrons. The Kier molecular flexibility index (Phi) is 6.66. The van der Waals surface area contributed by atoms with Crippen LogP contribution in [-0.4, -0.2) is 73.9 Å². The second-order valence-electron chi connectivity index (χ2n) is 8.63. The number of aryl methyl sites for hydroxylation is 1. The molecule has 4 rings (SSSR count). The van der Waals surface area contributed by atoms with Gasteiger partial charge in [-0.05, 0) is 49.6 Å². The predicted octanol–water partition coefficient (Wildman–Crippen LogP) is 2.65. The largest absolute Gasteiger partial charge is 0.491 e. The average molecular weight is 458 g/mol. The van der Waals surface area contributed by atoms with Crippen LogP contribution < -0.4 is 9.64 Å². The molecule has 3 heterocycles. The third-order valence-corrected chi connectivity index (χ3v) is 6.90. The normalized spacial score (nSPS) is 17.7. The Morgan fingerprint density at radius 1 is 1.28 bits per heavy atom. The molecule has 0 amide bonds. The van der Waals surface area contributed by atoms with Crippen LogP contribution >= 0.6 is 0 Å². The van der Waals surface area contributed by atoms with Gasteiger partial charge in [-0.15, -0.1) is 0 Å². The van der Waals surface area contributed by atoms with Crippen LogP contribution in [0.1, 0.15) is 24.5 Å². The molecule has 1 aliphatic rings. The van der Waals surface area contributed by atoms with Crippen molar-refractivity contribution in [3.8, 4) is 5.75 Å². The summed E-state index contributed by atoms with van der Waals surface area (Å²) in [6, 6.07) is 6.20. The smallest absolute Gasteiger partial charge is 0.179 e. The van der Waals surface area contributed by atoms with Gasteiger partial charge in [-0.25, -0.2) is 18.4 Å². The molecule has 1 saturated heterocycles. The fourth-order valence-corrected chi connectivity index (χ4v) is 5.32. The number of benzene rings is 1. The van der Waals surface area contributed by atoms with Crippen molar-refractivity contribution in [3.05, 3.63) is 48.0 Å². The van der Waals surface area contributed by atoms with Gasteiger partial charge in [0.05, 0.1) is 19.1 Å². The van der Waals surface area contributed by atoms with E-state index in [9.17, 15) is 8.42 Å². The van der Waals surface area contributed by atoms with Crippen molar-refractivity contribution in [1.29, 1.82) is 0 Å². The highest BCUT2D eigenvalue weighted by molar-refractivity contribution is 7.89. The standard InChI is InChI=1S/C23H31N5O3S/c1-17-14-27(9-10-28(17)23-22(31-2)13-24-16-26-23)8-4-5-19-12-25-21-7-6-18(11-20(19)21)15-32(3,29)30/h6-7,11-13,16-17,25H,4-5,8-10,14-15H2,1-3H3. The molecule has 32 heavy (non-hydrogen) atoms. The van der Waals surface area contributed by atoms with Crippen LogP contribution in [0.5, 0.6) is 5.75 Å². The molecule has 9 heteroatoms. The Bertz CT molecular complexity index is 1180. The summed E-state index contributed by atoms with van der Waals surface area (Å²) in [6.07, 6.45) is 8.61. The first-order valence-electron chi connectivity index (χ1n) is 10.9. The molecule has 0 aliphatic carbocycles. The number of nitrogens with zero attached hydrogens (tertiary/aromatic N) is 4. The van der Waals surface area contributed by atoms with Crippen LogP contribution in [0.3, 0.4) is 0 Å². The van der Waals surface area contributed by atoms with Crippen molar-refractivity contribution < 1.29 is 13.2 Å². The van der Waals surface area contributed by atoms with E-state index in [-0.39, 0.29) is 5.75 Å². The summed E-state index contributed by atoms with van der Waals surface area (Å²) in [4.78, 5) is 16.6. The van der Waals surface area contributed by atoms with Crippen molar-refractivity contribution in [2.75, 3.05) is 44.4 Å². The Morgan fingerprint density at radius 2 is 2.12 bits per heavy atom. The monoisotopic (exact) mass is 457 g/mol. The van der Waals surface area contributed by atoms with E-state index >= 15 is 0 Å². The fraction of sp³-hybridized carbons (Fsp3) is 0.478. The molecular formula is C23H31N5O3S. The SMILES string of the molecule is COc1cncnc1N1CCN(CCCc2c[nH]c3ccc(CS(C)(=O)=O)cc23)CC1C. The van der Waals surface area contributed by atoms with Crippen LogP contribution in [0, 0.1) is 0 Å². The Labute approximate surface area is 189 Å². The molecule has 8 nitrogen and oxygen atoms in total. The predicted molar refractivity (Wildman–Crippen MR) is 127 cm³/mol. The molecule has 1 atom stereocenters. The minimum Gasteiger partial charge on any atom is -0.491 e. The Balaban J connectivity index is 1.34. The minimum absolute atomic E-state index is 0.0762. The molecule has 1 aromatic carbocycles.